The summed E-state index contributed by atoms with van der Waals surface area (Å²) in [4.78, 5) is 28.8. The zero-order valence-corrected chi connectivity index (χ0v) is 16.9. The van der Waals surface area contributed by atoms with E-state index in [1.807, 2.05) is 48.7 Å². The predicted octanol–water partition coefficient (Wildman–Crippen LogP) is 3.80. The Kier molecular flexibility index (Phi) is 6.38. The molecule has 0 unspecified atom stereocenters. The number of para-hydroxylation sites is 1. The number of Topliss-reactive ketones (excluding diaryl/α,β-unsaturated/α-hetero) is 1. The van der Waals surface area contributed by atoms with Gasteiger partial charge in [-0.3, -0.25) is 4.79 Å². The summed E-state index contributed by atoms with van der Waals surface area (Å²) >= 11 is 1.49. The van der Waals surface area contributed by atoms with Crippen molar-refractivity contribution in [2.75, 3.05) is 20.3 Å². The molecule has 0 N–H and O–H groups in total. The molecule has 3 aromatic rings. The zero-order chi connectivity index (χ0) is 20.1. The lowest BCUT2D eigenvalue weighted by molar-refractivity contribution is -0.136. The molecule has 0 amide bonds. The second-order valence-corrected chi connectivity index (χ2v) is 7.38. The van der Waals surface area contributed by atoms with Crippen LogP contribution < -0.4 is 0 Å². The van der Waals surface area contributed by atoms with Gasteiger partial charge in [0.2, 0.25) is 5.78 Å². The smallest absolute Gasteiger partial charge is 0.331 e. The number of methoxy groups -OCH3 is 1. The van der Waals surface area contributed by atoms with Crippen LogP contribution in [0.2, 0.25) is 0 Å². The highest BCUT2D eigenvalue weighted by atomic mass is 32.1. The van der Waals surface area contributed by atoms with Gasteiger partial charge in [0.25, 0.3) is 0 Å². The maximum atomic E-state index is 12.4. The van der Waals surface area contributed by atoms with Gasteiger partial charge in [0.05, 0.1) is 16.8 Å². The van der Waals surface area contributed by atoms with Crippen molar-refractivity contribution in [2.45, 2.75) is 20.4 Å². The van der Waals surface area contributed by atoms with Gasteiger partial charge >= 0.3 is 5.97 Å². The maximum absolute atomic E-state index is 12.4. The number of benzene rings is 1. The van der Waals surface area contributed by atoms with Gasteiger partial charge in [-0.25, -0.2) is 9.78 Å². The van der Waals surface area contributed by atoms with E-state index in [1.165, 1.54) is 17.4 Å². The predicted molar refractivity (Wildman–Crippen MR) is 110 cm³/mol. The number of fused-ring (bicyclic) bond motifs is 1. The normalized spacial score (nSPS) is 11.4. The fourth-order valence-corrected chi connectivity index (χ4v) is 3.84. The van der Waals surface area contributed by atoms with E-state index in [-0.39, 0.29) is 12.4 Å². The second-order valence-electron chi connectivity index (χ2n) is 6.31. The van der Waals surface area contributed by atoms with Crippen molar-refractivity contribution in [1.29, 1.82) is 0 Å². The largest absolute Gasteiger partial charge is 0.454 e. The van der Waals surface area contributed by atoms with Gasteiger partial charge in [0.1, 0.15) is 5.01 Å². The minimum Gasteiger partial charge on any atom is -0.454 e. The van der Waals surface area contributed by atoms with Gasteiger partial charge in [0, 0.05) is 36.7 Å². The minimum atomic E-state index is -0.569. The summed E-state index contributed by atoms with van der Waals surface area (Å²) in [5.41, 5.74) is 3.27. The van der Waals surface area contributed by atoms with E-state index in [2.05, 4.69) is 4.98 Å². The lowest BCUT2D eigenvalue weighted by atomic mass is 10.1. The van der Waals surface area contributed by atoms with Crippen molar-refractivity contribution < 1.29 is 19.1 Å². The molecule has 0 aliphatic rings. The summed E-state index contributed by atoms with van der Waals surface area (Å²) in [5.74, 6) is -0.792. The number of ketones is 1. The standard InChI is InChI=1S/C21H22N2O4S/c1-14-12-16(15(2)23(14)10-11-26-3)18(24)13-27-21(25)9-8-20-22-17-6-4-5-7-19(17)28-20/h4-9,12H,10-11,13H2,1-3H3/b9-8+. The molecule has 0 spiro atoms. The monoisotopic (exact) mass is 398 g/mol. The summed E-state index contributed by atoms with van der Waals surface area (Å²) in [6.45, 7) is 4.76. The van der Waals surface area contributed by atoms with Crippen LogP contribution in [0.3, 0.4) is 0 Å². The molecule has 28 heavy (non-hydrogen) atoms. The number of hydrogen-bond donors (Lipinski definition) is 0. The van der Waals surface area contributed by atoms with E-state index in [1.54, 1.807) is 13.2 Å². The van der Waals surface area contributed by atoms with Crippen molar-refractivity contribution in [3.63, 3.8) is 0 Å². The van der Waals surface area contributed by atoms with E-state index in [0.29, 0.717) is 23.7 Å². The molecule has 2 aromatic heterocycles. The molecule has 0 saturated carbocycles. The molecule has 1 aromatic carbocycles. The van der Waals surface area contributed by atoms with E-state index >= 15 is 0 Å². The Morgan fingerprint density at radius 1 is 1.25 bits per heavy atom. The average Bonchev–Trinajstić information content (AvgIpc) is 3.23. The molecule has 0 radical (unpaired) electrons. The van der Waals surface area contributed by atoms with Crippen molar-refractivity contribution in [3.05, 3.63) is 58.4 Å². The van der Waals surface area contributed by atoms with Crippen LogP contribution in [-0.4, -0.2) is 41.6 Å². The third-order valence-corrected chi connectivity index (χ3v) is 5.41. The highest BCUT2D eigenvalue weighted by molar-refractivity contribution is 7.19. The molecular weight excluding hydrogens is 376 g/mol. The van der Waals surface area contributed by atoms with Crippen LogP contribution in [0.15, 0.2) is 36.4 Å². The van der Waals surface area contributed by atoms with Crippen LogP contribution in [0.4, 0.5) is 0 Å². The number of esters is 1. The Hall–Kier alpha value is -2.77. The number of aromatic nitrogens is 2. The fraction of sp³-hybridized carbons (Fsp3) is 0.286. The van der Waals surface area contributed by atoms with Gasteiger partial charge in [-0.15, -0.1) is 11.3 Å². The highest BCUT2D eigenvalue weighted by Crippen LogP contribution is 2.22. The van der Waals surface area contributed by atoms with Crippen LogP contribution in [0.1, 0.15) is 26.8 Å². The number of carbonyl (C=O) groups excluding carboxylic acids is 2. The van der Waals surface area contributed by atoms with Crippen LogP contribution >= 0.6 is 11.3 Å². The molecule has 0 aliphatic carbocycles. The Morgan fingerprint density at radius 2 is 2.04 bits per heavy atom. The summed E-state index contributed by atoms with van der Waals surface area (Å²) in [7, 11) is 1.64. The maximum Gasteiger partial charge on any atom is 0.331 e. The van der Waals surface area contributed by atoms with Gasteiger partial charge in [-0.05, 0) is 38.1 Å². The Bertz CT molecular complexity index is 999. The SMILES string of the molecule is COCCn1c(C)cc(C(=O)COC(=O)/C=C/c2nc3ccccc3s2)c1C. The number of nitrogens with zero attached hydrogens (tertiary/aromatic N) is 2. The van der Waals surface area contributed by atoms with Gasteiger partial charge in [-0.1, -0.05) is 12.1 Å². The molecule has 0 bridgehead atoms. The highest BCUT2D eigenvalue weighted by Gasteiger charge is 2.16. The van der Waals surface area contributed by atoms with Crippen molar-refractivity contribution in [2.24, 2.45) is 0 Å². The number of rotatable bonds is 8. The molecule has 6 nitrogen and oxygen atoms in total. The average molecular weight is 398 g/mol. The third kappa shape index (κ3) is 4.55. The number of aryl methyl sites for hydroxylation is 1. The second kappa shape index (κ2) is 8.95. The molecule has 0 saturated heterocycles. The molecule has 0 fully saturated rings. The molecule has 3 rings (SSSR count). The van der Waals surface area contributed by atoms with Crippen LogP contribution in [0.5, 0.6) is 0 Å². The molecular formula is C21H22N2O4S. The van der Waals surface area contributed by atoms with Crippen molar-refractivity contribution in [3.8, 4) is 0 Å². The molecule has 0 atom stereocenters. The lowest BCUT2D eigenvalue weighted by Gasteiger charge is -2.08. The first-order valence-electron chi connectivity index (χ1n) is 8.89. The van der Waals surface area contributed by atoms with Crippen molar-refractivity contribution >= 4 is 39.4 Å². The molecule has 7 heteroatoms. The Morgan fingerprint density at radius 3 is 2.79 bits per heavy atom. The summed E-state index contributed by atoms with van der Waals surface area (Å²) < 4.78 is 13.3. The number of carbonyl (C=O) groups is 2. The molecule has 146 valence electrons. The van der Waals surface area contributed by atoms with Gasteiger partial charge < -0.3 is 14.0 Å². The molecule has 0 aliphatic heterocycles. The van der Waals surface area contributed by atoms with Crippen molar-refractivity contribution in [1.82, 2.24) is 9.55 Å². The summed E-state index contributed by atoms with van der Waals surface area (Å²) in [6.07, 6.45) is 2.90. The third-order valence-electron chi connectivity index (χ3n) is 4.41. The molecule has 2 heterocycles. The van der Waals surface area contributed by atoms with E-state index in [4.69, 9.17) is 9.47 Å². The Labute approximate surface area is 167 Å². The lowest BCUT2D eigenvalue weighted by Crippen LogP contribution is -2.14. The van der Waals surface area contributed by atoms with E-state index in [0.717, 1.165) is 21.6 Å². The number of hydrogen-bond acceptors (Lipinski definition) is 6. The van der Waals surface area contributed by atoms with E-state index < -0.39 is 5.97 Å². The van der Waals surface area contributed by atoms with E-state index in [9.17, 15) is 9.59 Å². The first kappa shape index (κ1) is 20.0. The van der Waals surface area contributed by atoms with Crippen LogP contribution in [-0.2, 0) is 20.8 Å². The summed E-state index contributed by atoms with van der Waals surface area (Å²) in [5, 5.41) is 0.714. The van der Waals surface area contributed by atoms with Crippen LogP contribution in [0, 0.1) is 13.8 Å². The topological polar surface area (TPSA) is 70.4 Å². The fourth-order valence-electron chi connectivity index (χ4n) is 2.97. The Balaban J connectivity index is 1.59. The zero-order valence-electron chi connectivity index (χ0n) is 16.1. The number of thiazole rings is 1. The summed E-state index contributed by atoms with van der Waals surface area (Å²) in [6, 6.07) is 9.58. The van der Waals surface area contributed by atoms with Gasteiger partial charge in [-0.2, -0.15) is 0 Å². The first-order chi connectivity index (χ1) is 13.5. The minimum absolute atomic E-state index is 0.224. The van der Waals surface area contributed by atoms with Crippen LogP contribution in [0.25, 0.3) is 16.3 Å². The van der Waals surface area contributed by atoms with Gasteiger partial charge in [0.15, 0.2) is 6.61 Å². The quantitative estimate of drug-likeness (QED) is 0.328. The first-order valence-corrected chi connectivity index (χ1v) is 9.70. The number of ether oxygens (including phenoxy) is 2.